The van der Waals surface area contributed by atoms with Gasteiger partial charge in [-0.2, -0.15) is 5.26 Å². The topological polar surface area (TPSA) is 59.3 Å². The van der Waals surface area contributed by atoms with E-state index in [2.05, 4.69) is 4.74 Å². The van der Waals surface area contributed by atoms with Crippen molar-refractivity contribution in [3.05, 3.63) is 36.0 Å². The molecule has 0 radical (unpaired) electrons. The average molecular weight is 247 g/mol. The Morgan fingerprint density at radius 1 is 1.56 bits per heavy atom. The molecule has 2 atom stereocenters. The number of ether oxygens (including phenoxy) is 2. The molecule has 0 spiro atoms. The van der Waals surface area contributed by atoms with Crippen LogP contribution in [-0.2, 0) is 14.3 Å². The maximum atomic E-state index is 11.4. The summed E-state index contributed by atoms with van der Waals surface area (Å²) in [5.74, 6) is -0.796. The minimum Gasteiger partial charge on any atom is -0.465 e. The molecule has 0 heterocycles. The zero-order chi connectivity index (χ0) is 13.6. The van der Waals surface area contributed by atoms with Crippen molar-refractivity contribution in [1.29, 1.82) is 5.26 Å². The summed E-state index contributed by atoms with van der Waals surface area (Å²) in [7, 11) is 1.26. The van der Waals surface area contributed by atoms with Crippen molar-refractivity contribution in [3.8, 4) is 6.07 Å². The Balaban J connectivity index is 3.03. The first-order valence-corrected chi connectivity index (χ1v) is 5.77. The quantitative estimate of drug-likeness (QED) is 0.434. The molecule has 4 heteroatoms. The van der Waals surface area contributed by atoms with E-state index in [9.17, 15) is 4.79 Å². The van der Waals surface area contributed by atoms with Crippen LogP contribution in [0.2, 0.25) is 0 Å². The molecule has 0 bridgehead atoms. The molecule has 0 aromatic carbocycles. The van der Waals surface area contributed by atoms with Crippen LogP contribution in [0.15, 0.2) is 36.0 Å². The SMILES string of the molecule is CCOC1(C)C=CC=CC1C=C(C#N)C(=O)OC. The van der Waals surface area contributed by atoms with Gasteiger partial charge in [0.1, 0.15) is 11.6 Å². The highest BCUT2D eigenvalue weighted by atomic mass is 16.5. The predicted octanol–water partition coefficient (Wildman–Crippen LogP) is 2.15. The fourth-order valence-electron chi connectivity index (χ4n) is 1.85. The van der Waals surface area contributed by atoms with Crippen molar-refractivity contribution in [2.45, 2.75) is 19.4 Å². The summed E-state index contributed by atoms with van der Waals surface area (Å²) < 4.78 is 10.3. The van der Waals surface area contributed by atoms with Gasteiger partial charge in [-0.3, -0.25) is 0 Å². The Bertz CT molecular complexity index is 442. The van der Waals surface area contributed by atoms with Crippen molar-refractivity contribution >= 4 is 5.97 Å². The summed E-state index contributed by atoms with van der Waals surface area (Å²) >= 11 is 0. The molecular weight excluding hydrogens is 230 g/mol. The third-order valence-corrected chi connectivity index (χ3v) is 2.85. The van der Waals surface area contributed by atoms with Crippen LogP contribution in [0, 0.1) is 17.2 Å². The van der Waals surface area contributed by atoms with Crippen LogP contribution in [0.3, 0.4) is 0 Å². The van der Waals surface area contributed by atoms with E-state index in [1.165, 1.54) is 7.11 Å². The molecular formula is C14H17NO3. The van der Waals surface area contributed by atoms with Gasteiger partial charge in [0.15, 0.2) is 0 Å². The standard InChI is InChI=1S/C14H17NO3/c1-4-18-14(2)8-6-5-7-12(14)9-11(10-15)13(16)17-3/h5-9,12H,4H2,1-3H3. The second kappa shape index (κ2) is 6.18. The second-order valence-corrected chi connectivity index (χ2v) is 4.07. The first kappa shape index (κ1) is 14.2. The largest absolute Gasteiger partial charge is 0.465 e. The Hall–Kier alpha value is -1.86. The molecule has 0 saturated carbocycles. The molecule has 0 aromatic heterocycles. The normalized spacial score (nSPS) is 26.8. The molecule has 2 unspecified atom stereocenters. The van der Waals surface area contributed by atoms with E-state index < -0.39 is 11.6 Å². The monoisotopic (exact) mass is 247 g/mol. The van der Waals surface area contributed by atoms with Crippen molar-refractivity contribution in [2.24, 2.45) is 5.92 Å². The minimum absolute atomic E-state index is 0.00613. The highest BCUT2D eigenvalue weighted by Crippen LogP contribution is 2.30. The lowest BCUT2D eigenvalue weighted by atomic mass is 9.84. The van der Waals surface area contributed by atoms with Gasteiger partial charge in [-0.15, -0.1) is 0 Å². The molecule has 0 aliphatic heterocycles. The van der Waals surface area contributed by atoms with Crippen LogP contribution >= 0.6 is 0 Å². The Kier molecular flexibility index (Phi) is 4.87. The average Bonchev–Trinajstić information content (AvgIpc) is 2.37. The zero-order valence-corrected chi connectivity index (χ0v) is 10.8. The number of carbonyl (C=O) groups excluding carboxylic acids is 1. The fraction of sp³-hybridized carbons (Fsp3) is 0.429. The van der Waals surface area contributed by atoms with E-state index in [0.29, 0.717) is 6.61 Å². The molecule has 1 aliphatic rings. The van der Waals surface area contributed by atoms with Crippen molar-refractivity contribution < 1.29 is 14.3 Å². The first-order valence-electron chi connectivity index (χ1n) is 5.77. The number of hydrogen-bond donors (Lipinski definition) is 0. The number of esters is 1. The molecule has 96 valence electrons. The lowest BCUT2D eigenvalue weighted by molar-refractivity contribution is -0.135. The molecule has 1 rings (SSSR count). The summed E-state index contributed by atoms with van der Waals surface area (Å²) in [6.07, 6.45) is 9.17. The van der Waals surface area contributed by atoms with Crippen LogP contribution in [0.1, 0.15) is 13.8 Å². The van der Waals surface area contributed by atoms with Crippen molar-refractivity contribution in [3.63, 3.8) is 0 Å². The van der Waals surface area contributed by atoms with Gasteiger partial charge >= 0.3 is 5.97 Å². The van der Waals surface area contributed by atoms with Gasteiger partial charge in [-0.25, -0.2) is 4.79 Å². The number of nitriles is 1. The van der Waals surface area contributed by atoms with Gasteiger partial charge in [-0.1, -0.05) is 24.3 Å². The van der Waals surface area contributed by atoms with E-state index in [0.717, 1.165) is 0 Å². The molecule has 0 fully saturated rings. The van der Waals surface area contributed by atoms with E-state index >= 15 is 0 Å². The summed E-state index contributed by atoms with van der Waals surface area (Å²) in [5.41, 5.74) is -0.548. The predicted molar refractivity (Wildman–Crippen MR) is 67.5 cm³/mol. The molecule has 18 heavy (non-hydrogen) atoms. The Labute approximate surface area is 107 Å². The van der Waals surface area contributed by atoms with Gasteiger partial charge in [0.2, 0.25) is 0 Å². The van der Waals surface area contributed by atoms with Crippen LogP contribution in [0.25, 0.3) is 0 Å². The number of allylic oxidation sites excluding steroid dienone is 2. The molecule has 0 amide bonds. The third-order valence-electron chi connectivity index (χ3n) is 2.85. The van der Waals surface area contributed by atoms with Crippen LogP contribution in [0.5, 0.6) is 0 Å². The number of methoxy groups -OCH3 is 1. The first-order chi connectivity index (χ1) is 8.57. The van der Waals surface area contributed by atoms with Crippen LogP contribution in [0.4, 0.5) is 0 Å². The maximum Gasteiger partial charge on any atom is 0.348 e. The molecule has 1 aliphatic carbocycles. The van der Waals surface area contributed by atoms with Crippen molar-refractivity contribution in [2.75, 3.05) is 13.7 Å². The smallest absolute Gasteiger partial charge is 0.348 e. The van der Waals surface area contributed by atoms with Gasteiger partial charge in [0.05, 0.1) is 12.7 Å². The molecule has 4 nitrogen and oxygen atoms in total. The molecule has 0 N–H and O–H groups in total. The summed E-state index contributed by atoms with van der Waals surface area (Å²) in [5, 5.41) is 8.96. The number of carbonyl (C=O) groups is 1. The summed E-state index contributed by atoms with van der Waals surface area (Å²) in [6, 6.07) is 1.85. The number of rotatable bonds is 4. The van der Waals surface area contributed by atoms with E-state index in [-0.39, 0.29) is 11.5 Å². The second-order valence-electron chi connectivity index (χ2n) is 4.07. The maximum absolute atomic E-state index is 11.4. The Morgan fingerprint density at radius 3 is 2.83 bits per heavy atom. The fourth-order valence-corrected chi connectivity index (χ4v) is 1.85. The molecule has 0 saturated heterocycles. The van der Waals surface area contributed by atoms with E-state index in [1.807, 2.05) is 44.2 Å². The number of hydrogen-bond acceptors (Lipinski definition) is 4. The summed E-state index contributed by atoms with van der Waals surface area (Å²) in [6.45, 7) is 4.38. The van der Waals surface area contributed by atoms with E-state index in [1.54, 1.807) is 6.08 Å². The molecule has 0 aromatic rings. The lowest BCUT2D eigenvalue weighted by Gasteiger charge is -2.33. The van der Waals surface area contributed by atoms with E-state index in [4.69, 9.17) is 10.00 Å². The van der Waals surface area contributed by atoms with Crippen molar-refractivity contribution in [1.82, 2.24) is 0 Å². The van der Waals surface area contributed by atoms with Crippen LogP contribution in [-0.4, -0.2) is 25.3 Å². The highest BCUT2D eigenvalue weighted by Gasteiger charge is 2.31. The lowest BCUT2D eigenvalue weighted by Crippen LogP contribution is -2.35. The van der Waals surface area contributed by atoms with Gasteiger partial charge in [0.25, 0.3) is 0 Å². The Morgan fingerprint density at radius 2 is 2.28 bits per heavy atom. The number of nitrogens with zero attached hydrogens (tertiary/aromatic N) is 1. The zero-order valence-electron chi connectivity index (χ0n) is 10.8. The van der Waals surface area contributed by atoms with Gasteiger partial charge < -0.3 is 9.47 Å². The third kappa shape index (κ3) is 3.08. The van der Waals surface area contributed by atoms with Gasteiger partial charge in [0, 0.05) is 12.5 Å². The van der Waals surface area contributed by atoms with Gasteiger partial charge in [-0.05, 0) is 19.9 Å². The minimum atomic E-state index is -0.626. The summed E-state index contributed by atoms with van der Waals surface area (Å²) in [4.78, 5) is 11.4. The highest BCUT2D eigenvalue weighted by molar-refractivity contribution is 5.92. The van der Waals surface area contributed by atoms with Crippen LogP contribution < -0.4 is 0 Å².